The highest BCUT2D eigenvalue weighted by Crippen LogP contribution is 2.47. The van der Waals surface area contributed by atoms with Crippen LogP contribution >= 0.6 is 0 Å². The number of hydrogen-bond acceptors (Lipinski definition) is 3. The molecule has 1 unspecified atom stereocenters. The topological polar surface area (TPSA) is 71.5 Å². The van der Waals surface area contributed by atoms with E-state index in [1.807, 2.05) is 6.07 Å². The lowest BCUT2D eigenvalue weighted by molar-refractivity contribution is 0.0697. The molecule has 2 aromatic carbocycles. The summed E-state index contributed by atoms with van der Waals surface area (Å²) >= 11 is 0. The maximum Gasteiger partial charge on any atom is 0.335 e. The molecule has 202 valence electrons. The molecule has 5 heteroatoms. The Kier molecular flexibility index (Phi) is 6.98. The average Bonchev–Trinajstić information content (AvgIpc) is 3.18. The maximum absolute atomic E-state index is 11.9. The van der Waals surface area contributed by atoms with Gasteiger partial charge >= 0.3 is 5.97 Å². The molecule has 6 rings (SSSR count). The summed E-state index contributed by atoms with van der Waals surface area (Å²) in [5, 5.41) is 11.0. The number of rotatable bonds is 6. The first-order chi connectivity index (χ1) is 18.4. The third-order valence-electron chi connectivity index (χ3n) is 9.92. The second-order valence-corrected chi connectivity index (χ2v) is 12.4. The van der Waals surface area contributed by atoms with Crippen molar-refractivity contribution < 1.29 is 9.90 Å². The van der Waals surface area contributed by atoms with Gasteiger partial charge in [-0.2, -0.15) is 0 Å². The van der Waals surface area contributed by atoms with Gasteiger partial charge in [0.15, 0.2) is 0 Å². The molecule has 0 bridgehead atoms. The highest BCUT2D eigenvalue weighted by atomic mass is 16.4. The molecule has 0 spiro atoms. The fraction of sp³-hybridized carbons (Fsp3) is 0.545. The van der Waals surface area contributed by atoms with Crippen LogP contribution in [0.4, 0.5) is 5.69 Å². The van der Waals surface area contributed by atoms with Crippen LogP contribution in [0.5, 0.6) is 0 Å². The van der Waals surface area contributed by atoms with Gasteiger partial charge in [-0.1, -0.05) is 62.8 Å². The highest BCUT2D eigenvalue weighted by molar-refractivity contribution is 5.99. The zero-order chi connectivity index (χ0) is 26.3. The van der Waals surface area contributed by atoms with Crippen molar-refractivity contribution in [2.45, 2.75) is 95.6 Å². The molecule has 0 amide bonds. The number of aromatic carboxylic acids is 1. The number of carboxylic acids is 1. The third kappa shape index (κ3) is 4.64. The number of para-hydroxylation sites is 1. The van der Waals surface area contributed by atoms with Gasteiger partial charge in [0.25, 0.3) is 0 Å². The Bertz CT molecular complexity index is 1310. The van der Waals surface area contributed by atoms with E-state index in [9.17, 15) is 9.90 Å². The Hall–Kier alpha value is -2.79. The molecule has 2 saturated carbocycles. The van der Waals surface area contributed by atoms with Crippen molar-refractivity contribution in [3.8, 4) is 11.3 Å². The van der Waals surface area contributed by atoms with E-state index >= 15 is 0 Å². The number of hydrogen-bond donors (Lipinski definition) is 2. The Labute approximate surface area is 227 Å². The van der Waals surface area contributed by atoms with Crippen LogP contribution in [-0.4, -0.2) is 34.3 Å². The van der Waals surface area contributed by atoms with E-state index in [0.717, 1.165) is 31.6 Å². The lowest BCUT2D eigenvalue weighted by Gasteiger charge is -2.38. The van der Waals surface area contributed by atoms with Gasteiger partial charge in [-0.3, -0.25) is 0 Å². The molecule has 1 aliphatic heterocycles. The molecule has 2 aliphatic carbocycles. The van der Waals surface area contributed by atoms with Crippen LogP contribution in [0.2, 0.25) is 0 Å². The average molecular weight is 514 g/mol. The zero-order valence-electron chi connectivity index (χ0n) is 22.9. The van der Waals surface area contributed by atoms with E-state index in [-0.39, 0.29) is 5.54 Å². The number of anilines is 1. The van der Waals surface area contributed by atoms with Gasteiger partial charge in [0.05, 0.1) is 11.3 Å². The molecule has 2 fully saturated rings. The van der Waals surface area contributed by atoms with Gasteiger partial charge in [0.2, 0.25) is 0 Å². The first-order valence-electron chi connectivity index (χ1n) is 15.0. The highest BCUT2D eigenvalue weighted by Gasteiger charge is 2.34. The summed E-state index contributed by atoms with van der Waals surface area (Å²) in [7, 11) is 0. The zero-order valence-corrected chi connectivity index (χ0v) is 22.9. The molecule has 2 heterocycles. The van der Waals surface area contributed by atoms with Crippen molar-refractivity contribution in [3.63, 3.8) is 0 Å². The molecule has 1 atom stereocenters. The van der Waals surface area contributed by atoms with Crippen molar-refractivity contribution >= 4 is 22.6 Å². The molecular weight excluding hydrogens is 470 g/mol. The number of nitrogens with zero attached hydrogens (tertiary/aromatic N) is 2. The van der Waals surface area contributed by atoms with Crippen molar-refractivity contribution in [2.24, 2.45) is 11.7 Å². The van der Waals surface area contributed by atoms with Crippen molar-refractivity contribution in [1.82, 2.24) is 4.57 Å². The van der Waals surface area contributed by atoms with E-state index < -0.39 is 5.97 Å². The molecular formula is C33H43N3O2. The predicted molar refractivity (Wildman–Crippen MR) is 156 cm³/mol. The summed E-state index contributed by atoms with van der Waals surface area (Å²) in [4.78, 5) is 14.5. The monoisotopic (exact) mass is 513 g/mol. The third-order valence-corrected chi connectivity index (χ3v) is 9.92. The molecule has 38 heavy (non-hydrogen) atoms. The Morgan fingerprint density at radius 1 is 0.974 bits per heavy atom. The minimum Gasteiger partial charge on any atom is -0.478 e. The van der Waals surface area contributed by atoms with Crippen LogP contribution in [0.3, 0.4) is 0 Å². The van der Waals surface area contributed by atoms with E-state index in [0.29, 0.717) is 17.4 Å². The number of nitrogens with two attached hydrogens (primary N) is 1. The standard InChI is InChI=1S/C33H43N3O2/c1-33(34,25-12-6-3-7-13-25)18-19-35-20-21-36-29-22-24(32(37)38)16-17-26(29)30(23-10-4-2-5-11-23)31(36)27-14-8-9-15-28(27)35/h8-9,14-17,22-23,25H,2-7,10-13,18-21,34H2,1H3,(H,37,38). The minimum absolute atomic E-state index is 0.145. The van der Waals surface area contributed by atoms with Gasteiger partial charge in [0.1, 0.15) is 0 Å². The fourth-order valence-corrected chi connectivity index (χ4v) is 7.70. The summed E-state index contributed by atoms with van der Waals surface area (Å²) in [6.07, 6.45) is 13.8. The second-order valence-electron chi connectivity index (χ2n) is 12.4. The maximum atomic E-state index is 11.9. The van der Waals surface area contributed by atoms with Gasteiger partial charge in [0, 0.05) is 47.3 Å². The Balaban J connectivity index is 1.42. The smallest absolute Gasteiger partial charge is 0.335 e. The van der Waals surface area contributed by atoms with E-state index in [1.54, 1.807) is 6.07 Å². The van der Waals surface area contributed by atoms with Gasteiger partial charge < -0.3 is 20.3 Å². The van der Waals surface area contributed by atoms with Gasteiger partial charge in [-0.05, 0) is 74.6 Å². The first kappa shape index (κ1) is 25.5. The van der Waals surface area contributed by atoms with Crippen LogP contribution in [0.1, 0.15) is 99.4 Å². The molecule has 3 aromatic rings. The van der Waals surface area contributed by atoms with Crippen molar-refractivity contribution in [3.05, 3.63) is 53.6 Å². The van der Waals surface area contributed by atoms with E-state index in [1.165, 1.54) is 92.1 Å². The van der Waals surface area contributed by atoms with Crippen molar-refractivity contribution in [1.29, 1.82) is 0 Å². The van der Waals surface area contributed by atoms with Crippen LogP contribution in [0, 0.1) is 5.92 Å². The van der Waals surface area contributed by atoms with Gasteiger partial charge in [-0.25, -0.2) is 4.79 Å². The molecule has 3 aliphatic rings. The summed E-state index contributed by atoms with van der Waals surface area (Å²) in [5.74, 6) is 0.280. The number of aromatic nitrogens is 1. The summed E-state index contributed by atoms with van der Waals surface area (Å²) in [6, 6.07) is 14.7. The predicted octanol–water partition coefficient (Wildman–Crippen LogP) is 7.56. The molecule has 3 N–H and O–H groups in total. The molecule has 5 nitrogen and oxygen atoms in total. The quantitative estimate of drug-likeness (QED) is 0.357. The summed E-state index contributed by atoms with van der Waals surface area (Å²) < 4.78 is 2.44. The summed E-state index contributed by atoms with van der Waals surface area (Å²) in [5.41, 5.74) is 13.6. The number of carbonyl (C=O) groups is 1. The van der Waals surface area contributed by atoms with E-state index in [4.69, 9.17) is 5.73 Å². The molecule has 0 radical (unpaired) electrons. The Morgan fingerprint density at radius 2 is 1.68 bits per heavy atom. The SMILES string of the molecule is CC(N)(CCN1CCn2c(c(C3CCCCC3)c3ccc(C(=O)O)cc32)-c2ccccc21)C1CCCCC1. The summed E-state index contributed by atoms with van der Waals surface area (Å²) in [6.45, 7) is 4.97. The van der Waals surface area contributed by atoms with Crippen LogP contribution in [0.25, 0.3) is 22.2 Å². The lowest BCUT2D eigenvalue weighted by Crippen LogP contribution is -2.47. The fourth-order valence-electron chi connectivity index (χ4n) is 7.70. The number of fused-ring (bicyclic) bond motifs is 5. The molecule has 1 aromatic heterocycles. The first-order valence-corrected chi connectivity index (χ1v) is 15.0. The number of benzene rings is 2. The minimum atomic E-state index is -0.859. The van der Waals surface area contributed by atoms with Gasteiger partial charge in [-0.15, -0.1) is 0 Å². The van der Waals surface area contributed by atoms with Crippen LogP contribution in [-0.2, 0) is 6.54 Å². The largest absolute Gasteiger partial charge is 0.478 e. The van der Waals surface area contributed by atoms with Crippen LogP contribution < -0.4 is 10.6 Å². The van der Waals surface area contributed by atoms with Crippen molar-refractivity contribution in [2.75, 3.05) is 18.0 Å². The molecule has 0 saturated heterocycles. The normalized spacial score (nSPS) is 20.5. The Morgan fingerprint density at radius 3 is 2.42 bits per heavy atom. The second kappa shape index (κ2) is 10.4. The number of carboxylic acid groups (broad SMARTS) is 1. The van der Waals surface area contributed by atoms with Crippen LogP contribution in [0.15, 0.2) is 42.5 Å². The van der Waals surface area contributed by atoms with E-state index in [2.05, 4.69) is 46.7 Å². The lowest BCUT2D eigenvalue weighted by atomic mass is 9.74.